The van der Waals surface area contributed by atoms with Crippen LogP contribution >= 0.6 is 0 Å². The van der Waals surface area contributed by atoms with Gasteiger partial charge in [0.05, 0.1) is 10.9 Å². The Morgan fingerprint density at radius 2 is 1.92 bits per heavy atom. The molecule has 1 aliphatic heterocycles. The van der Waals surface area contributed by atoms with Gasteiger partial charge in [-0.2, -0.15) is 0 Å². The average molecular weight is 349 g/mol. The molecule has 1 aromatic heterocycles. The Bertz CT molecular complexity index is 778. The molecule has 2 heterocycles. The van der Waals surface area contributed by atoms with Gasteiger partial charge in [-0.05, 0) is 37.8 Å². The van der Waals surface area contributed by atoms with Crippen LogP contribution in [0.4, 0.5) is 0 Å². The first kappa shape index (κ1) is 17.1. The summed E-state index contributed by atoms with van der Waals surface area (Å²) in [4.78, 5) is 4.66. The third-order valence-corrected chi connectivity index (χ3v) is 5.94. The van der Waals surface area contributed by atoms with Gasteiger partial charge in [0.1, 0.15) is 5.82 Å². The fourth-order valence-corrected chi connectivity index (χ4v) is 4.30. The summed E-state index contributed by atoms with van der Waals surface area (Å²) in [7, 11) is -1.73. The van der Waals surface area contributed by atoms with E-state index in [1.54, 1.807) is 30.5 Å². The van der Waals surface area contributed by atoms with Crippen LogP contribution in [0.25, 0.3) is 0 Å². The minimum atomic E-state index is -3.61. The molecule has 0 aliphatic carbocycles. The second-order valence-electron chi connectivity index (χ2n) is 6.26. The number of aryl methyl sites for hydroxylation is 2. The molecule has 24 heavy (non-hydrogen) atoms. The van der Waals surface area contributed by atoms with Crippen molar-refractivity contribution in [1.29, 1.82) is 0 Å². The normalized spacial score (nSPS) is 17.8. The SMILES string of the molecule is Cc1ccc(S(=O)(=O)N[C@H](c2nccn2C)C2CCOCC2)cc1. The summed E-state index contributed by atoms with van der Waals surface area (Å²) in [5.74, 6) is 0.901. The summed E-state index contributed by atoms with van der Waals surface area (Å²) < 4.78 is 35.8. The Hall–Kier alpha value is -1.70. The van der Waals surface area contributed by atoms with Gasteiger partial charge < -0.3 is 9.30 Å². The van der Waals surface area contributed by atoms with Crippen molar-refractivity contribution in [3.63, 3.8) is 0 Å². The van der Waals surface area contributed by atoms with E-state index in [1.807, 2.05) is 24.7 Å². The van der Waals surface area contributed by atoms with Crippen LogP contribution in [-0.4, -0.2) is 31.2 Å². The molecule has 1 saturated heterocycles. The van der Waals surface area contributed by atoms with E-state index >= 15 is 0 Å². The van der Waals surface area contributed by atoms with Crippen molar-refractivity contribution in [2.45, 2.75) is 30.7 Å². The van der Waals surface area contributed by atoms with E-state index in [0.717, 1.165) is 24.2 Å². The number of rotatable bonds is 5. The molecule has 1 aromatic carbocycles. The van der Waals surface area contributed by atoms with Crippen molar-refractivity contribution in [1.82, 2.24) is 14.3 Å². The first-order chi connectivity index (χ1) is 11.5. The molecular weight excluding hydrogens is 326 g/mol. The van der Waals surface area contributed by atoms with Crippen LogP contribution in [0.15, 0.2) is 41.6 Å². The molecule has 7 heteroatoms. The summed E-state index contributed by atoms with van der Waals surface area (Å²) in [6, 6.07) is 6.52. The molecule has 1 N–H and O–H groups in total. The first-order valence-electron chi connectivity index (χ1n) is 8.11. The molecule has 130 valence electrons. The van der Waals surface area contributed by atoms with Gasteiger partial charge >= 0.3 is 0 Å². The summed E-state index contributed by atoms with van der Waals surface area (Å²) in [5.41, 5.74) is 1.03. The predicted octanol–water partition coefficient (Wildman–Crippen LogP) is 2.17. The minimum Gasteiger partial charge on any atom is -0.381 e. The molecule has 1 aliphatic rings. The lowest BCUT2D eigenvalue weighted by Gasteiger charge is -2.30. The topological polar surface area (TPSA) is 73.2 Å². The molecule has 1 atom stereocenters. The predicted molar refractivity (Wildman–Crippen MR) is 91.0 cm³/mol. The summed E-state index contributed by atoms with van der Waals surface area (Å²) >= 11 is 0. The fraction of sp³-hybridized carbons (Fsp3) is 0.471. The van der Waals surface area contributed by atoms with Gasteiger partial charge in [0.2, 0.25) is 10.0 Å². The number of ether oxygens (including phenoxy) is 1. The molecule has 0 unspecified atom stereocenters. The Labute approximate surface area is 142 Å². The quantitative estimate of drug-likeness (QED) is 0.898. The van der Waals surface area contributed by atoms with Crippen LogP contribution in [0.3, 0.4) is 0 Å². The minimum absolute atomic E-state index is 0.167. The summed E-state index contributed by atoms with van der Waals surface area (Å²) in [6.07, 6.45) is 5.16. The van der Waals surface area contributed by atoms with Gasteiger partial charge in [0.15, 0.2) is 0 Å². The fourth-order valence-electron chi connectivity index (χ4n) is 3.04. The molecule has 1 fully saturated rings. The molecular formula is C17H23N3O3S. The van der Waals surface area contributed by atoms with Crippen molar-refractivity contribution < 1.29 is 13.2 Å². The Morgan fingerprint density at radius 3 is 2.50 bits per heavy atom. The van der Waals surface area contributed by atoms with Crippen molar-refractivity contribution in [2.75, 3.05) is 13.2 Å². The van der Waals surface area contributed by atoms with E-state index < -0.39 is 10.0 Å². The van der Waals surface area contributed by atoms with Gasteiger partial charge in [-0.15, -0.1) is 0 Å². The number of benzene rings is 1. The molecule has 0 amide bonds. The van der Waals surface area contributed by atoms with Crippen molar-refractivity contribution in [2.24, 2.45) is 13.0 Å². The summed E-state index contributed by atoms with van der Waals surface area (Å²) in [5, 5.41) is 0. The zero-order valence-electron chi connectivity index (χ0n) is 14.0. The van der Waals surface area contributed by atoms with E-state index in [9.17, 15) is 8.42 Å². The smallest absolute Gasteiger partial charge is 0.241 e. The van der Waals surface area contributed by atoms with Crippen LogP contribution in [-0.2, 0) is 21.8 Å². The second kappa shape index (κ2) is 7.04. The number of nitrogens with one attached hydrogen (secondary N) is 1. The second-order valence-corrected chi connectivity index (χ2v) is 7.97. The molecule has 0 radical (unpaired) electrons. The Balaban J connectivity index is 1.91. The van der Waals surface area contributed by atoms with Crippen LogP contribution in [0.1, 0.15) is 30.3 Å². The number of aromatic nitrogens is 2. The third-order valence-electron chi connectivity index (χ3n) is 4.49. The molecule has 0 saturated carbocycles. The van der Waals surface area contributed by atoms with Crippen molar-refractivity contribution in [3.05, 3.63) is 48.0 Å². The van der Waals surface area contributed by atoms with Gasteiger partial charge in [0, 0.05) is 32.7 Å². The number of nitrogens with zero attached hydrogens (tertiary/aromatic N) is 2. The highest BCUT2D eigenvalue weighted by atomic mass is 32.2. The largest absolute Gasteiger partial charge is 0.381 e. The van der Waals surface area contributed by atoms with Crippen LogP contribution in [0.5, 0.6) is 0 Å². The van der Waals surface area contributed by atoms with E-state index in [0.29, 0.717) is 13.2 Å². The molecule has 6 nitrogen and oxygen atoms in total. The zero-order chi connectivity index (χ0) is 17.2. The number of imidazole rings is 1. The van der Waals surface area contributed by atoms with Gasteiger partial charge in [-0.1, -0.05) is 17.7 Å². The van der Waals surface area contributed by atoms with Gasteiger partial charge in [-0.3, -0.25) is 0 Å². The average Bonchev–Trinajstić information content (AvgIpc) is 3.00. The lowest BCUT2D eigenvalue weighted by Crippen LogP contribution is -2.37. The van der Waals surface area contributed by atoms with E-state index in [4.69, 9.17) is 4.74 Å². The number of hydrogen-bond acceptors (Lipinski definition) is 4. The lowest BCUT2D eigenvalue weighted by molar-refractivity contribution is 0.0551. The van der Waals surface area contributed by atoms with E-state index in [2.05, 4.69) is 9.71 Å². The molecule has 0 bridgehead atoms. The Kier molecular flexibility index (Phi) is 5.03. The van der Waals surface area contributed by atoms with Crippen LogP contribution in [0.2, 0.25) is 0 Å². The van der Waals surface area contributed by atoms with Gasteiger partial charge in [0.25, 0.3) is 0 Å². The highest BCUT2D eigenvalue weighted by Gasteiger charge is 2.32. The standard InChI is InChI=1S/C17H23N3O3S/c1-13-3-5-15(6-4-13)24(21,22)19-16(14-7-11-23-12-8-14)17-18-9-10-20(17)2/h3-6,9-10,14,16,19H,7-8,11-12H2,1-2H3/t16-/m0/s1. The molecule has 3 rings (SSSR count). The number of sulfonamides is 1. The van der Waals surface area contributed by atoms with Crippen LogP contribution in [0, 0.1) is 12.8 Å². The number of hydrogen-bond donors (Lipinski definition) is 1. The maximum Gasteiger partial charge on any atom is 0.241 e. The van der Waals surface area contributed by atoms with Crippen molar-refractivity contribution >= 4 is 10.0 Å². The monoisotopic (exact) mass is 349 g/mol. The molecule has 2 aromatic rings. The third kappa shape index (κ3) is 3.68. The van der Waals surface area contributed by atoms with E-state index in [1.165, 1.54) is 0 Å². The maximum absolute atomic E-state index is 12.8. The van der Waals surface area contributed by atoms with Crippen LogP contribution < -0.4 is 4.72 Å². The first-order valence-corrected chi connectivity index (χ1v) is 9.59. The van der Waals surface area contributed by atoms with E-state index in [-0.39, 0.29) is 16.9 Å². The zero-order valence-corrected chi connectivity index (χ0v) is 14.8. The lowest BCUT2D eigenvalue weighted by atomic mass is 9.92. The Morgan fingerprint density at radius 1 is 1.25 bits per heavy atom. The highest BCUT2D eigenvalue weighted by molar-refractivity contribution is 7.89. The maximum atomic E-state index is 12.8. The highest BCUT2D eigenvalue weighted by Crippen LogP contribution is 2.30. The van der Waals surface area contributed by atoms with Gasteiger partial charge in [-0.25, -0.2) is 18.1 Å². The summed E-state index contributed by atoms with van der Waals surface area (Å²) in [6.45, 7) is 3.23. The molecule has 0 spiro atoms. The van der Waals surface area contributed by atoms with Crippen molar-refractivity contribution in [3.8, 4) is 0 Å².